The molecule has 2 aromatic rings. The molecule has 0 aliphatic heterocycles. The van der Waals surface area contributed by atoms with Crippen molar-refractivity contribution in [3.05, 3.63) is 53.7 Å². The van der Waals surface area contributed by atoms with Crippen molar-refractivity contribution in [1.29, 1.82) is 0 Å². The van der Waals surface area contributed by atoms with Gasteiger partial charge < -0.3 is 4.42 Å². The first-order valence-corrected chi connectivity index (χ1v) is 5.75. The number of hydrogen-bond donors (Lipinski definition) is 0. The summed E-state index contributed by atoms with van der Waals surface area (Å²) in [5, 5.41) is 0. The van der Waals surface area contributed by atoms with E-state index in [0.717, 1.165) is 12.2 Å². The Bertz CT molecular complexity index is 424. The monoisotopic (exact) mass is 265 g/mol. The summed E-state index contributed by atoms with van der Waals surface area (Å²) in [6.45, 7) is 1.95. The predicted molar refractivity (Wildman–Crippen MR) is 63.1 cm³/mol. The summed E-state index contributed by atoms with van der Waals surface area (Å²) in [6, 6.07) is 6.11. The van der Waals surface area contributed by atoms with Gasteiger partial charge in [-0.2, -0.15) is 0 Å². The Morgan fingerprint density at radius 3 is 2.73 bits per heavy atom. The van der Waals surface area contributed by atoms with Gasteiger partial charge in [0.2, 0.25) is 0 Å². The molecule has 2 nitrogen and oxygen atoms in total. The van der Waals surface area contributed by atoms with Crippen LogP contribution < -0.4 is 0 Å². The Kier molecular flexibility index (Phi) is 3.21. The third kappa shape index (κ3) is 2.69. The molecule has 1 unspecified atom stereocenters. The van der Waals surface area contributed by atoms with Crippen LogP contribution >= 0.6 is 15.9 Å². The zero-order chi connectivity index (χ0) is 10.7. The molecule has 3 heteroatoms. The SMILES string of the molecule is Cc1cc(C(Br)Cc2ccncc2)co1. The first kappa shape index (κ1) is 10.4. The third-order valence-electron chi connectivity index (χ3n) is 2.28. The van der Waals surface area contributed by atoms with Gasteiger partial charge in [-0.25, -0.2) is 0 Å². The van der Waals surface area contributed by atoms with Crippen LogP contribution in [0.4, 0.5) is 0 Å². The van der Waals surface area contributed by atoms with E-state index in [1.807, 2.05) is 31.5 Å². The van der Waals surface area contributed by atoms with Gasteiger partial charge in [0.15, 0.2) is 0 Å². The van der Waals surface area contributed by atoms with E-state index in [-0.39, 0.29) is 0 Å². The van der Waals surface area contributed by atoms with Crippen LogP contribution in [0.25, 0.3) is 0 Å². The molecule has 0 bridgehead atoms. The highest BCUT2D eigenvalue weighted by atomic mass is 79.9. The summed E-state index contributed by atoms with van der Waals surface area (Å²) < 4.78 is 5.28. The smallest absolute Gasteiger partial charge is 0.101 e. The minimum atomic E-state index is 0.303. The first-order valence-electron chi connectivity index (χ1n) is 4.83. The highest BCUT2D eigenvalue weighted by Crippen LogP contribution is 2.28. The lowest BCUT2D eigenvalue weighted by Crippen LogP contribution is -1.93. The third-order valence-corrected chi connectivity index (χ3v) is 3.13. The van der Waals surface area contributed by atoms with Gasteiger partial charge in [0.25, 0.3) is 0 Å². The van der Waals surface area contributed by atoms with Crippen LogP contribution in [0, 0.1) is 6.92 Å². The lowest BCUT2D eigenvalue weighted by atomic mass is 10.1. The van der Waals surface area contributed by atoms with Crippen LogP contribution in [0.5, 0.6) is 0 Å². The van der Waals surface area contributed by atoms with Crippen molar-refractivity contribution in [2.75, 3.05) is 0 Å². The quantitative estimate of drug-likeness (QED) is 0.792. The molecule has 0 saturated carbocycles. The number of furan rings is 1. The van der Waals surface area contributed by atoms with E-state index in [2.05, 4.69) is 27.0 Å². The van der Waals surface area contributed by atoms with Crippen LogP contribution in [0.1, 0.15) is 21.7 Å². The molecule has 0 radical (unpaired) electrons. The first-order chi connectivity index (χ1) is 7.25. The number of aryl methyl sites for hydroxylation is 1. The summed E-state index contributed by atoms with van der Waals surface area (Å²) in [5.74, 6) is 0.948. The lowest BCUT2D eigenvalue weighted by molar-refractivity contribution is 0.531. The number of halogens is 1. The molecule has 2 heterocycles. The molecule has 0 aliphatic carbocycles. The molecule has 15 heavy (non-hydrogen) atoms. The zero-order valence-electron chi connectivity index (χ0n) is 8.48. The molecular weight excluding hydrogens is 254 g/mol. The number of nitrogens with zero attached hydrogens (tertiary/aromatic N) is 1. The number of aromatic nitrogens is 1. The van der Waals surface area contributed by atoms with Gasteiger partial charge in [-0.3, -0.25) is 4.98 Å². The summed E-state index contributed by atoms with van der Waals surface area (Å²) >= 11 is 3.66. The van der Waals surface area contributed by atoms with Crippen molar-refractivity contribution >= 4 is 15.9 Å². The Balaban J connectivity index is 2.07. The molecule has 2 rings (SSSR count). The second-order valence-corrected chi connectivity index (χ2v) is 4.62. The molecule has 0 saturated heterocycles. The van der Waals surface area contributed by atoms with Crippen LogP contribution in [0.3, 0.4) is 0 Å². The fourth-order valence-electron chi connectivity index (χ4n) is 1.47. The van der Waals surface area contributed by atoms with Crippen LogP contribution in [-0.4, -0.2) is 4.98 Å². The second kappa shape index (κ2) is 4.62. The van der Waals surface area contributed by atoms with Gasteiger partial charge in [-0.15, -0.1) is 0 Å². The molecular formula is C12H12BrNO. The van der Waals surface area contributed by atoms with Gasteiger partial charge in [0, 0.05) is 22.8 Å². The standard InChI is InChI=1S/C12H12BrNO/c1-9-6-11(8-15-9)12(13)7-10-2-4-14-5-3-10/h2-6,8,12H,7H2,1H3. The normalized spacial score (nSPS) is 12.7. The van der Waals surface area contributed by atoms with E-state index < -0.39 is 0 Å². The number of alkyl halides is 1. The highest BCUT2D eigenvalue weighted by molar-refractivity contribution is 9.09. The molecule has 78 valence electrons. The minimum absolute atomic E-state index is 0.303. The number of pyridine rings is 1. The van der Waals surface area contributed by atoms with E-state index in [1.165, 1.54) is 11.1 Å². The maximum absolute atomic E-state index is 5.28. The van der Waals surface area contributed by atoms with E-state index in [9.17, 15) is 0 Å². The number of rotatable bonds is 3. The Labute approximate surface area is 97.5 Å². The molecule has 2 aromatic heterocycles. The fraction of sp³-hybridized carbons (Fsp3) is 0.250. The molecule has 1 atom stereocenters. The maximum atomic E-state index is 5.28. The van der Waals surface area contributed by atoms with Crippen molar-refractivity contribution in [3.63, 3.8) is 0 Å². The summed E-state index contributed by atoms with van der Waals surface area (Å²) in [7, 11) is 0. The van der Waals surface area contributed by atoms with Crippen molar-refractivity contribution < 1.29 is 4.42 Å². The van der Waals surface area contributed by atoms with Crippen LogP contribution in [0.2, 0.25) is 0 Å². The van der Waals surface area contributed by atoms with E-state index in [4.69, 9.17) is 4.42 Å². The zero-order valence-corrected chi connectivity index (χ0v) is 10.1. The fourth-order valence-corrected chi connectivity index (χ4v) is 2.09. The second-order valence-electron chi connectivity index (χ2n) is 3.52. The largest absolute Gasteiger partial charge is 0.469 e. The minimum Gasteiger partial charge on any atom is -0.469 e. The predicted octanol–water partition coefficient (Wildman–Crippen LogP) is 3.66. The molecule has 0 fully saturated rings. The molecule has 0 amide bonds. The van der Waals surface area contributed by atoms with E-state index >= 15 is 0 Å². The average molecular weight is 266 g/mol. The Morgan fingerprint density at radius 1 is 1.40 bits per heavy atom. The van der Waals surface area contributed by atoms with E-state index in [0.29, 0.717) is 4.83 Å². The van der Waals surface area contributed by atoms with Crippen LogP contribution in [0.15, 0.2) is 41.3 Å². The van der Waals surface area contributed by atoms with Gasteiger partial charge in [-0.1, -0.05) is 15.9 Å². The van der Waals surface area contributed by atoms with Gasteiger partial charge in [0.1, 0.15) is 5.76 Å². The molecule has 0 aromatic carbocycles. The summed E-state index contributed by atoms with van der Waals surface area (Å²) in [4.78, 5) is 4.30. The maximum Gasteiger partial charge on any atom is 0.101 e. The van der Waals surface area contributed by atoms with Gasteiger partial charge in [0.05, 0.1) is 6.26 Å². The van der Waals surface area contributed by atoms with Crippen molar-refractivity contribution in [3.8, 4) is 0 Å². The molecule has 0 spiro atoms. The van der Waals surface area contributed by atoms with E-state index in [1.54, 1.807) is 6.26 Å². The Morgan fingerprint density at radius 2 is 2.13 bits per heavy atom. The van der Waals surface area contributed by atoms with Crippen LogP contribution in [-0.2, 0) is 6.42 Å². The van der Waals surface area contributed by atoms with Crippen molar-refractivity contribution in [2.24, 2.45) is 0 Å². The summed E-state index contributed by atoms with van der Waals surface area (Å²) in [5.41, 5.74) is 2.45. The van der Waals surface area contributed by atoms with Gasteiger partial charge >= 0.3 is 0 Å². The highest BCUT2D eigenvalue weighted by Gasteiger charge is 2.10. The summed E-state index contributed by atoms with van der Waals surface area (Å²) in [6.07, 6.45) is 6.38. The van der Waals surface area contributed by atoms with Gasteiger partial charge in [-0.05, 0) is 37.1 Å². The van der Waals surface area contributed by atoms with Crippen molar-refractivity contribution in [2.45, 2.75) is 18.2 Å². The Hall–Kier alpha value is -1.09. The molecule has 0 N–H and O–H groups in total. The molecule has 0 aliphatic rings. The lowest BCUT2D eigenvalue weighted by Gasteiger charge is -2.06. The van der Waals surface area contributed by atoms with Crippen molar-refractivity contribution in [1.82, 2.24) is 4.98 Å². The average Bonchev–Trinajstić information content (AvgIpc) is 2.66. The number of hydrogen-bond acceptors (Lipinski definition) is 2. The topological polar surface area (TPSA) is 26.0 Å².